The van der Waals surface area contributed by atoms with E-state index in [1.165, 1.54) is 11.1 Å². The monoisotopic (exact) mass is 315 g/mol. The summed E-state index contributed by atoms with van der Waals surface area (Å²) in [5.74, 6) is 1.93. The zero-order valence-corrected chi connectivity index (χ0v) is 14.0. The van der Waals surface area contributed by atoms with Crippen LogP contribution in [0.3, 0.4) is 0 Å². The van der Waals surface area contributed by atoms with Crippen molar-refractivity contribution >= 4 is 23.4 Å². The topological polar surface area (TPSA) is 38.3 Å². The minimum atomic E-state index is -0.0125. The van der Waals surface area contributed by atoms with E-state index in [-0.39, 0.29) is 5.91 Å². The largest absolute Gasteiger partial charge is 0.495 e. The van der Waals surface area contributed by atoms with Crippen LogP contribution in [0.5, 0.6) is 5.75 Å². The molecule has 0 aliphatic carbocycles. The highest BCUT2D eigenvalue weighted by Crippen LogP contribution is 2.25. The third-order valence-corrected chi connectivity index (χ3v) is 4.22. The van der Waals surface area contributed by atoms with Crippen molar-refractivity contribution in [2.24, 2.45) is 0 Å². The van der Waals surface area contributed by atoms with E-state index in [0.717, 1.165) is 17.0 Å². The van der Waals surface area contributed by atoms with Crippen molar-refractivity contribution in [3.63, 3.8) is 0 Å². The maximum Gasteiger partial charge on any atom is 0.234 e. The molecule has 0 saturated heterocycles. The molecule has 0 aliphatic heterocycles. The number of thioether (sulfide) groups is 1. The average Bonchev–Trinajstić information content (AvgIpc) is 2.47. The van der Waals surface area contributed by atoms with E-state index in [1.807, 2.05) is 31.2 Å². The van der Waals surface area contributed by atoms with E-state index in [0.29, 0.717) is 11.5 Å². The summed E-state index contributed by atoms with van der Waals surface area (Å²) in [5.41, 5.74) is 4.30. The molecular weight excluding hydrogens is 294 g/mol. The Bertz CT molecular complexity index is 655. The molecule has 4 heteroatoms. The third-order valence-electron chi connectivity index (χ3n) is 3.21. The molecule has 0 atom stereocenters. The number of anilines is 1. The van der Waals surface area contributed by atoms with Gasteiger partial charge < -0.3 is 10.1 Å². The number of benzene rings is 2. The zero-order chi connectivity index (χ0) is 15.9. The molecule has 0 bridgehead atoms. The van der Waals surface area contributed by atoms with Crippen molar-refractivity contribution in [2.75, 3.05) is 18.2 Å². The fourth-order valence-corrected chi connectivity index (χ4v) is 2.94. The van der Waals surface area contributed by atoms with Gasteiger partial charge >= 0.3 is 0 Å². The summed E-state index contributed by atoms with van der Waals surface area (Å²) < 4.78 is 5.27. The Morgan fingerprint density at radius 1 is 1.14 bits per heavy atom. The summed E-state index contributed by atoms with van der Waals surface area (Å²) in [6.45, 7) is 4.06. The van der Waals surface area contributed by atoms with Crippen LogP contribution in [0.1, 0.15) is 16.7 Å². The second-order valence-corrected chi connectivity index (χ2v) is 6.22. The van der Waals surface area contributed by atoms with Crippen LogP contribution >= 0.6 is 11.8 Å². The van der Waals surface area contributed by atoms with Crippen molar-refractivity contribution in [2.45, 2.75) is 19.6 Å². The minimum absolute atomic E-state index is 0.0125. The Morgan fingerprint density at radius 3 is 2.64 bits per heavy atom. The van der Waals surface area contributed by atoms with Gasteiger partial charge in [0.05, 0.1) is 18.6 Å². The maximum absolute atomic E-state index is 12.1. The lowest BCUT2D eigenvalue weighted by Gasteiger charge is -2.11. The smallest absolute Gasteiger partial charge is 0.234 e. The van der Waals surface area contributed by atoms with Crippen LogP contribution in [0, 0.1) is 13.8 Å². The van der Waals surface area contributed by atoms with Gasteiger partial charge in [-0.25, -0.2) is 0 Å². The van der Waals surface area contributed by atoms with Gasteiger partial charge in [-0.15, -0.1) is 11.8 Å². The van der Waals surface area contributed by atoms with Gasteiger partial charge in [-0.2, -0.15) is 0 Å². The van der Waals surface area contributed by atoms with Gasteiger partial charge in [-0.3, -0.25) is 4.79 Å². The third kappa shape index (κ3) is 4.81. The van der Waals surface area contributed by atoms with Crippen LogP contribution in [0.25, 0.3) is 0 Å². The van der Waals surface area contributed by atoms with Crippen molar-refractivity contribution < 1.29 is 9.53 Å². The summed E-state index contributed by atoms with van der Waals surface area (Å²) in [6, 6.07) is 14.1. The standard InChI is InChI=1S/C18H21NO2S/c1-13-5-4-6-15(9-13)11-22-12-18(20)19-16-10-14(2)7-8-17(16)21-3/h4-10H,11-12H2,1-3H3,(H,19,20). The first-order valence-electron chi connectivity index (χ1n) is 7.16. The first-order chi connectivity index (χ1) is 10.6. The number of carbonyl (C=O) groups excluding carboxylic acids is 1. The fraction of sp³-hybridized carbons (Fsp3) is 0.278. The molecule has 0 aliphatic rings. The van der Waals surface area contributed by atoms with E-state index in [1.54, 1.807) is 18.9 Å². The molecule has 0 spiro atoms. The van der Waals surface area contributed by atoms with E-state index >= 15 is 0 Å². The van der Waals surface area contributed by atoms with Gasteiger partial charge in [0.25, 0.3) is 0 Å². The van der Waals surface area contributed by atoms with Crippen LogP contribution in [0.15, 0.2) is 42.5 Å². The maximum atomic E-state index is 12.1. The first-order valence-corrected chi connectivity index (χ1v) is 8.32. The molecular formula is C18H21NO2S. The number of hydrogen-bond donors (Lipinski definition) is 1. The van der Waals surface area contributed by atoms with Gasteiger partial charge in [0.15, 0.2) is 0 Å². The van der Waals surface area contributed by atoms with E-state index < -0.39 is 0 Å². The number of carbonyl (C=O) groups is 1. The van der Waals surface area contributed by atoms with Crippen LogP contribution in [0.4, 0.5) is 5.69 Å². The summed E-state index contributed by atoms with van der Waals surface area (Å²) in [5, 5.41) is 2.92. The molecule has 0 heterocycles. The van der Waals surface area contributed by atoms with Crippen molar-refractivity contribution in [3.8, 4) is 5.75 Å². The molecule has 2 aromatic rings. The number of aryl methyl sites for hydroxylation is 2. The number of amides is 1. The minimum Gasteiger partial charge on any atom is -0.495 e. The number of ether oxygens (including phenoxy) is 1. The Labute approximate surface area is 136 Å². The number of nitrogens with one attached hydrogen (secondary N) is 1. The molecule has 22 heavy (non-hydrogen) atoms. The summed E-state index contributed by atoms with van der Waals surface area (Å²) >= 11 is 1.61. The second-order valence-electron chi connectivity index (χ2n) is 5.23. The van der Waals surface area contributed by atoms with Crippen LogP contribution < -0.4 is 10.1 Å². The van der Waals surface area contributed by atoms with Gasteiger partial charge in [-0.05, 0) is 37.1 Å². The van der Waals surface area contributed by atoms with Gasteiger partial charge in [-0.1, -0.05) is 35.9 Å². The second kappa shape index (κ2) is 7.90. The number of rotatable bonds is 6. The van der Waals surface area contributed by atoms with E-state index in [2.05, 4.69) is 30.4 Å². The van der Waals surface area contributed by atoms with Crippen molar-refractivity contribution in [1.82, 2.24) is 0 Å². The van der Waals surface area contributed by atoms with Gasteiger partial charge in [0, 0.05) is 5.75 Å². The molecule has 3 nitrogen and oxygen atoms in total. The first kappa shape index (κ1) is 16.4. The number of hydrogen-bond acceptors (Lipinski definition) is 3. The van der Waals surface area contributed by atoms with E-state index in [4.69, 9.17) is 4.74 Å². The molecule has 0 aromatic heterocycles. The molecule has 2 aromatic carbocycles. The highest BCUT2D eigenvalue weighted by molar-refractivity contribution is 7.99. The Morgan fingerprint density at radius 2 is 1.91 bits per heavy atom. The summed E-state index contributed by atoms with van der Waals surface area (Å²) in [6.07, 6.45) is 0. The van der Waals surface area contributed by atoms with Crippen molar-refractivity contribution in [1.29, 1.82) is 0 Å². The van der Waals surface area contributed by atoms with Crippen molar-refractivity contribution in [3.05, 3.63) is 59.2 Å². The zero-order valence-electron chi connectivity index (χ0n) is 13.2. The Kier molecular flexibility index (Phi) is 5.90. The Balaban J connectivity index is 1.87. The highest BCUT2D eigenvalue weighted by Gasteiger charge is 2.08. The quantitative estimate of drug-likeness (QED) is 0.869. The van der Waals surface area contributed by atoms with Crippen LogP contribution in [0.2, 0.25) is 0 Å². The molecule has 0 fully saturated rings. The lowest BCUT2D eigenvalue weighted by atomic mass is 10.2. The fourth-order valence-electron chi connectivity index (χ4n) is 2.17. The molecule has 0 radical (unpaired) electrons. The number of methoxy groups -OCH3 is 1. The predicted octanol–water partition coefficient (Wildman–Crippen LogP) is 4.18. The van der Waals surface area contributed by atoms with Gasteiger partial charge in [0.1, 0.15) is 5.75 Å². The van der Waals surface area contributed by atoms with E-state index in [9.17, 15) is 4.79 Å². The lowest BCUT2D eigenvalue weighted by Crippen LogP contribution is -2.15. The SMILES string of the molecule is COc1ccc(C)cc1NC(=O)CSCc1cccc(C)c1. The highest BCUT2D eigenvalue weighted by atomic mass is 32.2. The molecule has 1 amide bonds. The van der Waals surface area contributed by atoms with Gasteiger partial charge in [0.2, 0.25) is 5.91 Å². The predicted molar refractivity (Wildman–Crippen MR) is 93.7 cm³/mol. The van der Waals surface area contributed by atoms with Crippen LogP contribution in [-0.2, 0) is 10.5 Å². The summed E-state index contributed by atoms with van der Waals surface area (Å²) in [4.78, 5) is 12.1. The average molecular weight is 315 g/mol. The molecule has 116 valence electrons. The molecule has 0 unspecified atom stereocenters. The Hall–Kier alpha value is -1.94. The molecule has 0 saturated carbocycles. The summed E-state index contributed by atoms with van der Waals surface area (Å²) in [7, 11) is 1.60. The normalized spacial score (nSPS) is 10.3. The molecule has 1 N–H and O–H groups in total. The lowest BCUT2D eigenvalue weighted by molar-refractivity contribution is -0.113. The van der Waals surface area contributed by atoms with Crippen LogP contribution in [-0.4, -0.2) is 18.8 Å². The molecule has 2 rings (SSSR count).